The smallest absolute Gasteiger partial charge is 0.258 e. The monoisotopic (exact) mass is 223 g/mol. The van der Waals surface area contributed by atoms with Crippen LogP contribution in [0, 0.1) is 28.4 Å². The number of nitriles is 1. The predicted octanol–water partition coefficient (Wildman–Crippen LogP) is 2.49. The molecule has 0 bridgehead atoms. The first-order chi connectivity index (χ1) is 7.06. The number of allylic oxidation sites excluding steroid dienone is 1. The van der Waals surface area contributed by atoms with E-state index in [-0.39, 0.29) is 10.8 Å². The van der Waals surface area contributed by atoms with Crippen LogP contribution in [0.2, 0.25) is 5.15 Å². The van der Waals surface area contributed by atoms with Crippen molar-refractivity contribution in [1.29, 1.82) is 5.26 Å². The molecule has 0 saturated carbocycles. The average Bonchev–Trinajstić information content (AvgIpc) is 2.16. The van der Waals surface area contributed by atoms with Crippen molar-refractivity contribution in [3.63, 3.8) is 0 Å². The van der Waals surface area contributed by atoms with Gasteiger partial charge < -0.3 is 0 Å². The zero-order valence-corrected chi connectivity index (χ0v) is 8.52. The molecule has 1 aromatic heterocycles. The molecule has 0 aromatic carbocycles. The Labute approximate surface area is 90.8 Å². The Hall–Kier alpha value is -1.93. The van der Waals surface area contributed by atoms with Gasteiger partial charge in [-0.25, -0.2) is 4.98 Å². The van der Waals surface area contributed by atoms with Gasteiger partial charge in [0.2, 0.25) is 5.15 Å². The maximum atomic E-state index is 10.6. The fourth-order valence-corrected chi connectivity index (χ4v) is 1.25. The lowest BCUT2D eigenvalue weighted by atomic mass is 10.2. The Morgan fingerprint density at radius 1 is 1.73 bits per heavy atom. The van der Waals surface area contributed by atoms with Crippen LogP contribution >= 0.6 is 11.6 Å². The maximum Gasteiger partial charge on any atom is 0.307 e. The zero-order valence-electron chi connectivity index (χ0n) is 7.77. The van der Waals surface area contributed by atoms with Gasteiger partial charge in [0.1, 0.15) is 0 Å². The molecule has 76 valence electrons. The standard InChI is InChI=1S/C9H6ClN3O2/c1-6-7(3-2-4-11)5-8(13(14)15)9(10)12-6/h2-3,5H,1H3. The van der Waals surface area contributed by atoms with E-state index in [4.69, 9.17) is 16.9 Å². The van der Waals surface area contributed by atoms with E-state index in [2.05, 4.69) is 4.98 Å². The van der Waals surface area contributed by atoms with Crippen molar-refractivity contribution in [2.75, 3.05) is 0 Å². The lowest BCUT2D eigenvalue weighted by Crippen LogP contribution is -1.95. The molecule has 1 aromatic rings. The molecule has 1 rings (SSSR count). The minimum Gasteiger partial charge on any atom is -0.258 e. The SMILES string of the molecule is Cc1nc(Cl)c([N+](=O)[O-])cc1C=CC#N. The number of hydrogen-bond donors (Lipinski definition) is 0. The molecule has 0 spiro atoms. The summed E-state index contributed by atoms with van der Waals surface area (Å²) in [6.45, 7) is 1.66. The molecule has 0 fully saturated rings. The summed E-state index contributed by atoms with van der Waals surface area (Å²) in [5.74, 6) is 0. The molecule has 0 aliphatic heterocycles. The quantitative estimate of drug-likeness (QED) is 0.334. The predicted molar refractivity (Wildman–Crippen MR) is 55.3 cm³/mol. The summed E-state index contributed by atoms with van der Waals surface area (Å²) in [5.41, 5.74) is 0.782. The molecule has 6 heteroatoms. The number of aromatic nitrogens is 1. The van der Waals surface area contributed by atoms with Crippen LogP contribution in [0.4, 0.5) is 5.69 Å². The second kappa shape index (κ2) is 4.53. The third kappa shape index (κ3) is 2.51. The van der Waals surface area contributed by atoms with Crippen LogP contribution in [0.3, 0.4) is 0 Å². The van der Waals surface area contributed by atoms with Crippen molar-refractivity contribution in [2.45, 2.75) is 6.92 Å². The van der Waals surface area contributed by atoms with Crippen LogP contribution in [0.15, 0.2) is 12.1 Å². The molecule has 1 heterocycles. The van der Waals surface area contributed by atoms with Gasteiger partial charge in [-0.05, 0) is 13.0 Å². The molecule has 0 atom stereocenters. The van der Waals surface area contributed by atoms with Crippen LogP contribution in [-0.2, 0) is 0 Å². The second-order valence-electron chi connectivity index (χ2n) is 2.69. The number of rotatable bonds is 2. The Morgan fingerprint density at radius 2 is 2.40 bits per heavy atom. The third-order valence-corrected chi connectivity index (χ3v) is 2.00. The number of nitro groups is 1. The molecule has 0 aliphatic carbocycles. The zero-order chi connectivity index (χ0) is 11.4. The Balaban J connectivity index is 3.31. The molecule has 0 unspecified atom stereocenters. The van der Waals surface area contributed by atoms with E-state index in [9.17, 15) is 10.1 Å². The minimum absolute atomic E-state index is 0.147. The Bertz CT molecular complexity index is 477. The van der Waals surface area contributed by atoms with Crippen LogP contribution in [0.1, 0.15) is 11.3 Å². The first-order valence-corrected chi connectivity index (χ1v) is 4.31. The van der Waals surface area contributed by atoms with Gasteiger partial charge in [-0.15, -0.1) is 0 Å². The minimum atomic E-state index is -0.613. The molecular weight excluding hydrogens is 218 g/mol. The van der Waals surface area contributed by atoms with Crippen molar-refractivity contribution in [3.8, 4) is 6.07 Å². The number of nitrogens with zero attached hydrogens (tertiary/aromatic N) is 3. The van der Waals surface area contributed by atoms with Gasteiger partial charge in [0.15, 0.2) is 0 Å². The molecule has 0 amide bonds. The number of aryl methyl sites for hydroxylation is 1. The highest BCUT2D eigenvalue weighted by atomic mass is 35.5. The Kier molecular flexibility index (Phi) is 3.37. The molecule has 15 heavy (non-hydrogen) atoms. The largest absolute Gasteiger partial charge is 0.307 e. The van der Waals surface area contributed by atoms with E-state index < -0.39 is 4.92 Å². The van der Waals surface area contributed by atoms with E-state index in [0.717, 1.165) is 0 Å². The fraction of sp³-hybridized carbons (Fsp3) is 0.111. The van der Waals surface area contributed by atoms with Crippen molar-refractivity contribution < 1.29 is 4.92 Å². The summed E-state index contributed by atoms with van der Waals surface area (Å²) in [6, 6.07) is 3.09. The van der Waals surface area contributed by atoms with E-state index in [1.165, 1.54) is 18.2 Å². The number of hydrogen-bond acceptors (Lipinski definition) is 4. The number of halogens is 1. The van der Waals surface area contributed by atoms with Crippen molar-refractivity contribution in [3.05, 3.63) is 38.7 Å². The van der Waals surface area contributed by atoms with E-state index >= 15 is 0 Å². The van der Waals surface area contributed by atoms with Gasteiger partial charge in [-0.1, -0.05) is 11.6 Å². The topological polar surface area (TPSA) is 79.8 Å². The highest BCUT2D eigenvalue weighted by molar-refractivity contribution is 6.31. The van der Waals surface area contributed by atoms with E-state index in [0.29, 0.717) is 11.3 Å². The summed E-state index contributed by atoms with van der Waals surface area (Å²) < 4.78 is 0. The fourth-order valence-electron chi connectivity index (χ4n) is 1.00. The highest BCUT2D eigenvalue weighted by Gasteiger charge is 2.15. The van der Waals surface area contributed by atoms with Crippen LogP contribution < -0.4 is 0 Å². The van der Waals surface area contributed by atoms with Gasteiger partial charge >= 0.3 is 5.69 Å². The Morgan fingerprint density at radius 3 is 2.93 bits per heavy atom. The van der Waals surface area contributed by atoms with Crippen LogP contribution in [-0.4, -0.2) is 9.91 Å². The summed E-state index contributed by atoms with van der Waals surface area (Å²) in [5, 5.41) is 18.7. The molecule has 0 N–H and O–H groups in total. The van der Waals surface area contributed by atoms with Gasteiger partial charge in [0.05, 0.1) is 11.0 Å². The lowest BCUT2D eigenvalue weighted by molar-refractivity contribution is -0.385. The van der Waals surface area contributed by atoms with Crippen LogP contribution in [0.5, 0.6) is 0 Å². The van der Waals surface area contributed by atoms with Crippen molar-refractivity contribution >= 4 is 23.4 Å². The van der Waals surface area contributed by atoms with E-state index in [1.54, 1.807) is 13.0 Å². The first kappa shape index (κ1) is 11.1. The number of pyridine rings is 1. The van der Waals surface area contributed by atoms with E-state index in [1.807, 2.05) is 0 Å². The molecule has 0 radical (unpaired) electrons. The maximum absolute atomic E-state index is 10.6. The van der Waals surface area contributed by atoms with Crippen molar-refractivity contribution in [2.24, 2.45) is 0 Å². The van der Waals surface area contributed by atoms with Gasteiger partial charge in [0.25, 0.3) is 0 Å². The molecule has 0 aliphatic rings. The first-order valence-electron chi connectivity index (χ1n) is 3.94. The highest BCUT2D eigenvalue weighted by Crippen LogP contribution is 2.25. The van der Waals surface area contributed by atoms with Gasteiger partial charge in [-0.3, -0.25) is 10.1 Å². The average molecular weight is 224 g/mol. The summed E-state index contributed by atoms with van der Waals surface area (Å²) in [7, 11) is 0. The van der Waals surface area contributed by atoms with Crippen molar-refractivity contribution in [1.82, 2.24) is 4.98 Å². The van der Waals surface area contributed by atoms with Gasteiger partial charge in [-0.2, -0.15) is 5.26 Å². The lowest BCUT2D eigenvalue weighted by Gasteiger charge is -2.00. The molecular formula is C9H6ClN3O2. The summed E-state index contributed by atoms with van der Waals surface area (Å²) in [4.78, 5) is 13.7. The normalized spacial score (nSPS) is 10.2. The van der Waals surface area contributed by atoms with Gasteiger partial charge in [0, 0.05) is 23.4 Å². The summed E-state index contributed by atoms with van der Waals surface area (Å²) >= 11 is 5.59. The second-order valence-corrected chi connectivity index (χ2v) is 3.05. The summed E-state index contributed by atoms with van der Waals surface area (Å²) in [6.07, 6.45) is 2.67. The third-order valence-electron chi connectivity index (χ3n) is 1.72. The van der Waals surface area contributed by atoms with Crippen LogP contribution in [0.25, 0.3) is 6.08 Å². The molecule has 5 nitrogen and oxygen atoms in total. The molecule has 0 saturated heterocycles.